The summed E-state index contributed by atoms with van der Waals surface area (Å²) in [6.07, 6.45) is -0.741. The highest BCUT2D eigenvalue weighted by atomic mass is 35.5. The lowest BCUT2D eigenvalue weighted by Gasteiger charge is -2.16. The number of nitrogens with one attached hydrogen (secondary N) is 2. The van der Waals surface area contributed by atoms with Crippen LogP contribution in [-0.4, -0.2) is 17.9 Å². The highest BCUT2D eigenvalue weighted by molar-refractivity contribution is 6.42. The molecule has 7 heteroatoms. The third-order valence-electron chi connectivity index (χ3n) is 3.30. The quantitative estimate of drug-likeness (QED) is 0.794. The van der Waals surface area contributed by atoms with Crippen molar-refractivity contribution < 1.29 is 14.3 Å². The molecule has 1 unspecified atom stereocenters. The van der Waals surface area contributed by atoms with E-state index in [1.807, 2.05) is 6.07 Å². The van der Waals surface area contributed by atoms with Crippen LogP contribution in [0.5, 0.6) is 5.75 Å². The van der Waals surface area contributed by atoms with Crippen LogP contribution in [0.4, 0.5) is 5.69 Å². The van der Waals surface area contributed by atoms with Gasteiger partial charge < -0.3 is 15.4 Å². The summed E-state index contributed by atoms with van der Waals surface area (Å²) < 4.78 is 5.57. The van der Waals surface area contributed by atoms with Crippen molar-refractivity contribution in [3.8, 4) is 5.75 Å². The maximum atomic E-state index is 12.2. The second kappa shape index (κ2) is 8.74. The summed E-state index contributed by atoms with van der Waals surface area (Å²) in [5.74, 6) is -0.0907. The molecule has 0 fully saturated rings. The van der Waals surface area contributed by atoms with Crippen molar-refractivity contribution >= 4 is 40.7 Å². The zero-order chi connectivity index (χ0) is 18.4. The van der Waals surface area contributed by atoms with Crippen LogP contribution < -0.4 is 15.4 Å². The van der Waals surface area contributed by atoms with E-state index in [1.165, 1.54) is 6.92 Å². The Morgan fingerprint density at radius 3 is 2.60 bits per heavy atom. The van der Waals surface area contributed by atoms with Crippen LogP contribution in [-0.2, 0) is 16.1 Å². The fourth-order valence-corrected chi connectivity index (χ4v) is 2.45. The molecule has 0 spiro atoms. The molecule has 25 heavy (non-hydrogen) atoms. The zero-order valence-electron chi connectivity index (χ0n) is 13.8. The van der Waals surface area contributed by atoms with Crippen LogP contribution in [0.1, 0.15) is 19.4 Å². The monoisotopic (exact) mass is 380 g/mol. The minimum Gasteiger partial charge on any atom is -0.479 e. The molecule has 1 atom stereocenters. The molecule has 0 saturated heterocycles. The number of benzene rings is 2. The van der Waals surface area contributed by atoms with Gasteiger partial charge in [-0.1, -0.05) is 41.4 Å². The first-order chi connectivity index (χ1) is 11.9. The number of anilines is 1. The fraction of sp³-hybridized carbons (Fsp3) is 0.222. The van der Waals surface area contributed by atoms with E-state index in [0.717, 1.165) is 5.56 Å². The number of hydrogen-bond acceptors (Lipinski definition) is 3. The molecule has 0 heterocycles. The summed E-state index contributed by atoms with van der Waals surface area (Å²) in [6, 6.07) is 12.2. The molecule has 2 rings (SSSR count). The van der Waals surface area contributed by atoms with Gasteiger partial charge in [0.1, 0.15) is 10.8 Å². The molecule has 2 amide bonds. The molecule has 0 aliphatic heterocycles. The molecule has 0 aliphatic rings. The summed E-state index contributed by atoms with van der Waals surface area (Å²) in [7, 11) is 0. The molecule has 0 aliphatic carbocycles. The summed E-state index contributed by atoms with van der Waals surface area (Å²) in [4.78, 5) is 23.3. The Bertz CT molecular complexity index is 781. The van der Waals surface area contributed by atoms with Gasteiger partial charge in [0.15, 0.2) is 6.10 Å². The molecule has 2 aromatic carbocycles. The van der Waals surface area contributed by atoms with E-state index >= 15 is 0 Å². The van der Waals surface area contributed by atoms with Crippen LogP contribution >= 0.6 is 23.2 Å². The highest BCUT2D eigenvalue weighted by Gasteiger charge is 2.16. The van der Waals surface area contributed by atoms with E-state index in [4.69, 9.17) is 27.9 Å². The molecule has 0 bridgehead atoms. The van der Waals surface area contributed by atoms with Crippen molar-refractivity contribution in [1.29, 1.82) is 0 Å². The normalized spacial score (nSPS) is 11.5. The Labute approximate surface area is 156 Å². The Hall–Kier alpha value is -2.24. The standard InChI is InChI=1S/C18H18Cl2N2O3/c1-11(25-16-8-4-7-15(19)17(16)20)18(24)21-10-13-5-3-6-14(9-13)22-12(2)23/h3-9,11H,10H2,1-2H3,(H,21,24)(H,22,23). The molecule has 0 aromatic heterocycles. The zero-order valence-corrected chi connectivity index (χ0v) is 15.3. The summed E-state index contributed by atoms with van der Waals surface area (Å²) in [6.45, 7) is 3.37. The maximum Gasteiger partial charge on any atom is 0.261 e. The first-order valence-electron chi connectivity index (χ1n) is 7.61. The molecule has 2 aromatic rings. The first-order valence-corrected chi connectivity index (χ1v) is 8.37. The van der Waals surface area contributed by atoms with Gasteiger partial charge in [-0.3, -0.25) is 9.59 Å². The van der Waals surface area contributed by atoms with Gasteiger partial charge in [-0.15, -0.1) is 0 Å². The topological polar surface area (TPSA) is 67.4 Å². The summed E-state index contributed by atoms with van der Waals surface area (Å²) in [5.41, 5.74) is 1.53. The molecule has 132 valence electrons. The highest BCUT2D eigenvalue weighted by Crippen LogP contribution is 2.32. The van der Waals surface area contributed by atoms with Gasteiger partial charge in [-0.2, -0.15) is 0 Å². The van der Waals surface area contributed by atoms with Crippen molar-refractivity contribution in [2.75, 3.05) is 5.32 Å². The Kier molecular flexibility index (Phi) is 6.67. The number of carbonyl (C=O) groups excluding carboxylic acids is 2. The molecule has 5 nitrogen and oxygen atoms in total. The SMILES string of the molecule is CC(=O)Nc1cccc(CNC(=O)C(C)Oc2cccc(Cl)c2Cl)c1. The van der Waals surface area contributed by atoms with Crippen LogP contribution in [0.25, 0.3) is 0 Å². The number of ether oxygens (including phenoxy) is 1. The third-order valence-corrected chi connectivity index (χ3v) is 4.10. The van der Waals surface area contributed by atoms with Crippen LogP contribution in [0.3, 0.4) is 0 Å². The largest absolute Gasteiger partial charge is 0.479 e. The van der Waals surface area contributed by atoms with Crippen molar-refractivity contribution in [3.05, 3.63) is 58.1 Å². The number of carbonyl (C=O) groups is 2. The minimum absolute atomic E-state index is 0.151. The van der Waals surface area contributed by atoms with Gasteiger partial charge in [-0.05, 0) is 36.8 Å². The second-order valence-electron chi connectivity index (χ2n) is 5.41. The molecular formula is C18H18Cl2N2O3. The van der Waals surface area contributed by atoms with Crippen molar-refractivity contribution in [2.24, 2.45) is 0 Å². The van der Waals surface area contributed by atoms with Gasteiger partial charge in [0.05, 0.1) is 5.02 Å². The molecule has 0 saturated carbocycles. The first kappa shape index (κ1) is 19.1. The van der Waals surface area contributed by atoms with Gasteiger partial charge in [-0.25, -0.2) is 0 Å². The van der Waals surface area contributed by atoms with E-state index in [1.54, 1.807) is 43.3 Å². The van der Waals surface area contributed by atoms with Crippen molar-refractivity contribution in [3.63, 3.8) is 0 Å². The van der Waals surface area contributed by atoms with E-state index in [9.17, 15) is 9.59 Å². The lowest BCUT2D eigenvalue weighted by Crippen LogP contribution is -2.36. The lowest BCUT2D eigenvalue weighted by molar-refractivity contribution is -0.127. The lowest BCUT2D eigenvalue weighted by atomic mass is 10.2. The average molecular weight is 381 g/mol. The van der Waals surface area contributed by atoms with Crippen LogP contribution in [0.15, 0.2) is 42.5 Å². The van der Waals surface area contributed by atoms with Gasteiger partial charge in [0.2, 0.25) is 5.91 Å². The number of hydrogen-bond donors (Lipinski definition) is 2. The smallest absolute Gasteiger partial charge is 0.261 e. The van der Waals surface area contributed by atoms with Gasteiger partial charge in [0.25, 0.3) is 5.91 Å². The van der Waals surface area contributed by atoms with Crippen LogP contribution in [0.2, 0.25) is 10.0 Å². The van der Waals surface area contributed by atoms with E-state index in [2.05, 4.69) is 10.6 Å². The Morgan fingerprint density at radius 1 is 1.16 bits per heavy atom. The maximum absolute atomic E-state index is 12.2. The second-order valence-corrected chi connectivity index (χ2v) is 6.20. The minimum atomic E-state index is -0.741. The summed E-state index contributed by atoms with van der Waals surface area (Å²) in [5, 5.41) is 6.11. The van der Waals surface area contributed by atoms with Gasteiger partial charge >= 0.3 is 0 Å². The number of halogens is 2. The number of rotatable bonds is 6. The van der Waals surface area contributed by atoms with E-state index in [0.29, 0.717) is 23.0 Å². The van der Waals surface area contributed by atoms with Crippen LogP contribution in [0, 0.1) is 0 Å². The van der Waals surface area contributed by atoms with Gasteiger partial charge in [0, 0.05) is 19.2 Å². The van der Waals surface area contributed by atoms with Crippen molar-refractivity contribution in [2.45, 2.75) is 26.5 Å². The summed E-state index contributed by atoms with van der Waals surface area (Å²) >= 11 is 12.0. The molecular weight excluding hydrogens is 363 g/mol. The predicted molar refractivity (Wildman–Crippen MR) is 99.1 cm³/mol. The average Bonchev–Trinajstić information content (AvgIpc) is 2.56. The predicted octanol–water partition coefficient (Wildman–Crippen LogP) is 4.04. The fourth-order valence-electron chi connectivity index (χ4n) is 2.11. The number of amides is 2. The third kappa shape index (κ3) is 5.66. The molecule has 0 radical (unpaired) electrons. The van der Waals surface area contributed by atoms with E-state index in [-0.39, 0.29) is 16.8 Å². The van der Waals surface area contributed by atoms with E-state index < -0.39 is 6.10 Å². The van der Waals surface area contributed by atoms with Crippen molar-refractivity contribution in [1.82, 2.24) is 5.32 Å². The Balaban J connectivity index is 1.93. The Morgan fingerprint density at radius 2 is 1.88 bits per heavy atom. The molecule has 2 N–H and O–H groups in total.